The molecule has 0 atom stereocenters. The van der Waals surface area contributed by atoms with Crippen molar-refractivity contribution >= 4 is 10.0 Å². The zero-order chi connectivity index (χ0) is 14.6. The molecule has 0 saturated carbocycles. The Morgan fingerprint density at radius 3 is 2.15 bits per heavy atom. The molecule has 4 nitrogen and oxygen atoms in total. The molecule has 0 unspecified atom stereocenters. The lowest BCUT2D eigenvalue weighted by Gasteiger charge is -2.10. The van der Waals surface area contributed by atoms with E-state index < -0.39 is 10.0 Å². The van der Waals surface area contributed by atoms with Gasteiger partial charge in [0.05, 0.1) is 12.0 Å². The number of hydrogen-bond acceptors (Lipinski definition) is 3. The van der Waals surface area contributed by atoms with Crippen molar-refractivity contribution in [1.29, 1.82) is 0 Å². The third-order valence-corrected chi connectivity index (χ3v) is 4.15. The van der Waals surface area contributed by atoms with Crippen LogP contribution in [-0.4, -0.2) is 15.5 Å². The topological polar surface area (TPSA) is 69.4 Å². The van der Waals surface area contributed by atoms with Crippen LogP contribution < -0.4 is 9.88 Å². The van der Waals surface area contributed by atoms with Crippen molar-refractivity contribution in [3.05, 3.63) is 59.7 Å². The van der Waals surface area contributed by atoms with Gasteiger partial charge in [0.2, 0.25) is 10.0 Å². The molecule has 0 aromatic heterocycles. The van der Waals surface area contributed by atoms with Crippen molar-refractivity contribution < 1.29 is 13.2 Å². The minimum Gasteiger partial charge on any atom is -0.496 e. The first-order chi connectivity index (χ1) is 9.52. The summed E-state index contributed by atoms with van der Waals surface area (Å²) in [7, 11) is -2.06. The minimum atomic E-state index is -3.68. The monoisotopic (exact) mass is 291 g/mol. The van der Waals surface area contributed by atoms with E-state index in [9.17, 15) is 8.42 Å². The molecule has 0 radical (unpaired) electrons. The van der Waals surface area contributed by atoms with E-state index >= 15 is 0 Å². The van der Waals surface area contributed by atoms with Crippen LogP contribution in [0.5, 0.6) is 5.75 Å². The predicted octanol–water partition coefficient (Wildman–Crippen LogP) is 2.13. The van der Waals surface area contributed by atoms with Gasteiger partial charge in [-0.15, -0.1) is 0 Å². The molecule has 0 heterocycles. The van der Waals surface area contributed by atoms with Crippen LogP contribution in [0.2, 0.25) is 0 Å². The van der Waals surface area contributed by atoms with Crippen LogP contribution in [-0.2, 0) is 22.9 Å². The summed E-state index contributed by atoms with van der Waals surface area (Å²) in [5.41, 5.74) is 1.76. The summed E-state index contributed by atoms with van der Waals surface area (Å²) in [6, 6.07) is 14.5. The molecule has 2 aromatic rings. The summed E-state index contributed by atoms with van der Waals surface area (Å²) < 4.78 is 28.4. The number of methoxy groups -OCH3 is 1. The second kappa shape index (κ2) is 6.07. The highest BCUT2D eigenvalue weighted by Gasteiger charge is 2.13. The number of hydrogen-bond donors (Lipinski definition) is 1. The van der Waals surface area contributed by atoms with E-state index in [2.05, 4.69) is 0 Å². The Morgan fingerprint density at radius 2 is 1.50 bits per heavy atom. The summed E-state index contributed by atoms with van der Waals surface area (Å²) in [5, 5.41) is 5.23. The van der Waals surface area contributed by atoms with E-state index in [4.69, 9.17) is 9.88 Å². The van der Waals surface area contributed by atoms with Crippen molar-refractivity contribution in [1.82, 2.24) is 0 Å². The van der Waals surface area contributed by atoms with Gasteiger partial charge in [-0.05, 0) is 36.1 Å². The maximum Gasteiger partial charge on any atom is 0.238 e. The van der Waals surface area contributed by atoms with Gasteiger partial charge in [0, 0.05) is 0 Å². The van der Waals surface area contributed by atoms with Gasteiger partial charge in [-0.2, -0.15) is 0 Å². The van der Waals surface area contributed by atoms with E-state index in [-0.39, 0.29) is 4.90 Å². The van der Waals surface area contributed by atoms with E-state index in [1.807, 2.05) is 30.3 Å². The fourth-order valence-corrected chi connectivity index (χ4v) is 2.97. The molecule has 20 heavy (non-hydrogen) atoms. The van der Waals surface area contributed by atoms with Crippen molar-refractivity contribution in [2.24, 2.45) is 5.14 Å². The van der Waals surface area contributed by atoms with Gasteiger partial charge in [0.15, 0.2) is 0 Å². The predicted molar refractivity (Wildman–Crippen MR) is 78.2 cm³/mol. The molecule has 0 amide bonds. The van der Waals surface area contributed by atoms with Crippen LogP contribution in [0, 0.1) is 0 Å². The first kappa shape index (κ1) is 14.6. The maximum atomic E-state index is 11.5. The molecule has 5 heteroatoms. The summed E-state index contributed by atoms with van der Waals surface area (Å²) in [4.78, 5) is 0.190. The zero-order valence-electron chi connectivity index (χ0n) is 11.2. The fourth-order valence-electron chi connectivity index (χ4n) is 2.17. The summed E-state index contributed by atoms with van der Waals surface area (Å²) in [6.07, 6.45) is 1.28. The fraction of sp³-hybridized carbons (Fsp3) is 0.200. The standard InChI is InChI=1S/C15H17NO3S/c1-19-14-8-4-2-6-12(14)10-11-13-7-3-5-9-15(13)20(16,17)18/h2-9H,10-11H2,1H3,(H2,16,17,18). The summed E-state index contributed by atoms with van der Waals surface area (Å²) in [5.74, 6) is 0.806. The lowest BCUT2D eigenvalue weighted by Crippen LogP contribution is -2.14. The maximum absolute atomic E-state index is 11.5. The molecule has 2 N–H and O–H groups in total. The van der Waals surface area contributed by atoms with Crippen LogP contribution in [0.4, 0.5) is 0 Å². The number of para-hydroxylation sites is 1. The molecule has 0 aliphatic rings. The van der Waals surface area contributed by atoms with Crippen LogP contribution in [0.15, 0.2) is 53.4 Å². The average Bonchev–Trinajstić information content (AvgIpc) is 2.44. The van der Waals surface area contributed by atoms with Crippen LogP contribution in [0.3, 0.4) is 0 Å². The van der Waals surface area contributed by atoms with Gasteiger partial charge in [-0.1, -0.05) is 36.4 Å². The Morgan fingerprint density at radius 1 is 0.950 bits per heavy atom. The number of benzene rings is 2. The molecule has 0 aliphatic heterocycles. The number of ether oxygens (including phenoxy) is 1. The molecular weight excluding hydrogens is 274 g/mol. The molecule has 0 aliphatic carbocycles. The second-order valence-corrected chi connectivity index (χ2v) is 5.99. The summed E-state index contributed by atoms with van der Waals surface area (Å²) in [6.45, 7) is 0. The third kappa shape index (κ3) is 3.37. The molecule has 2 aromatic carbocycles. The normalized spacial score (nSPS) is 11.3. The van der Waals surface area contributed by atoms with E-state index in [0.29, 0.717) is 12.8 Å². The first-order valence-electron chi connectivity index (χ1n) is 6.25. The molecular formula is C15H17NO3S. The van der Waals surface area contributed by atoms with E-state index in [1.165, 1.54) is 6.07 Å². The number of nitrogens with two attached hydrogens (primary N) is 1. The number of sulfonamides is 1. The Kier molecular flexibility index (Phi) is 4.42. The Balaban J connectivity index is 2.24. The first-order valence-corrected chi connectivity index (χ1v) is 7.79. The highest BCUT2D eigenvalue weighted by molar-refractivity contribution is 7.89. The largest absolute Gasteiger partial charge is 0.496 e. The number of primary sulfonamides is 1. The van der Waals surface area contributed by atoms with E-state index in [0.717, 1.165) is 16.9 Å². The van der Waals surface area contributed by atoms with Gasteiger partial charge in [0.25, 0.3) is 0 Å². The number of aryl methyl sites for hydroxylation is 2. The molecule has 0 bridgehead atoms. The van der Waals surface area contributed by atoms with Crippen LogP contribution in [0.1, 0.15) is 11.1 Å². The Labute approximate surface area is 119 Å². The molecule has 0 saturated heterocycles. The summed E-state index contributed by atoms with van der Waals surface area (Å²) >= 11 is 0. The molecule has 106 valence electrons. The van der Waals surface area contributed by atoms with Crippen molar-refractivity contribution in [2.75, 3.05) is 7.11 Å². The van der Waals surface area contributed by atoms with Gasteiger partial charge < -0.3 is 4.74 Å². The van der Waals surface area contributed by atoms with Gasteiger partial charge in [-0.3, -0.25) is 0 Å². The molecule has 0 spiro atoms. The average molecular weight is 291 g/mol. The SMILES string of the molecule is COc1ccccc1CCc1ccccc1S(N)(=O)=O. The lowest BCUT2D eigenvalue weighted by atomic mass is 10.0. The highest BCUT2D eigenvalue weighted by Crippen LogP contribution is 2.21. The smallest absolute Gasteiger partial charge is 0.238 e. The van der Waals surface area contributed by atoms with Gasteiger partial charge >= 0.3 is 0 Å². The number of rotatable bonds is 5. The minimum absolute atomic E-state index is 0.190. The third-order valence-electron chi connectivity index (χ3n) is 3.14. The second-order valence-electron chi connectivity index (χ2n) is 4.46. The molecule has 0 fully saturated rings. The van der Waals surface area contributed by atoms with Crippen LogP contribution >= 0.6 is 0 Å². The quantitative estimate of drug-likeness (QED) is 0.917. The van der Waals surface area contributed by atoms with Gasteiger partial charge in [-0.25, -0.2) is 13.6 Å². The van der Waals surface area contributed by atoms with Crippen LogP contribution in [0.25, 0.3) is 0 Å². The molecule has 2 rings (SSSR count). The Hall–Kier alpha value is -1.85. The van der Waals surface area contributed by atoms with E-state index in [1.54, 1.807) is 19.2 Å². The van der Waals surface area contributed by atoms with Crippen molar-refractivity contribution in [2.45, 2.75) is 17.7 Å². The highest BCUT2D eigenvalue weighted by atomic mass is 32.2. The Bertz CT molecular complexity index is 696. The van der Waals surface area contributed by atoms with Gasteiger partial charge in [0.1, 0.15) is 5.75 Å². The zero-order valence-corrected chi connectivity index (χ0v) is 12.1. The van der Waals surface area contributed by atoms with Crippen molar-refractivity contribution in [3.8, 4) is 5.75 Å². The van der Waals surface area contributed by atoms with Crippen molar-refractivity contribution in [3.63, 3.8) is 0 Å². The lowest BCUT2D eigenvalue weighted by molar-refractivity contribution is 0.409.